The number of hydrogen-bond acceptors (Lipinski definition) is 0. The average molecular weight is 174 g/mol. The van der Waals surface area contributed by atoms with Crippen LogP contribution in [0.1, 0.15) is 53.1 Å². The Kier molecular flexibility index (Phi) is 1.76. The lowest BCUT2D eigenvalue weighted by atomic mass is 9.92. The van der Waals surface area contributed by atoms with Crippen molar-refractivity contribution in [2.75, 3.05) is 0 Å². The van der Waals surface area contributed by atoms with E-state index in [9.17, 15) is 0 Å². The minimum atomic E-state index is 0.690. The molecule has 0 N–H and O–H groups in total. The fourth-order valence-corrected chi connectivity index (χ4v) is 2.47. The molecule has 0 saturated carbocycles. The highest BCUT2D eigenvalue weighted by atomic mass is 14.3. The Morgan fingerprint density at radius 1 is 0.846 bits per heavy atom. The summed E-state index contributed by atoms with van der Waals surface area (Å²) in [6.07, 6.45) is 1.26. The Morgan fingerprint density at radius 3 is 2.00 bits per heavy atom. The summed E-state index contributed by atoms with van der Waals surface area (Å²) in [5.41, 5.74) is 9.49. The summed E-state index contributed by atoms with van der Waals surface area (Å²) in [5, 5.41) is 0. The second kappa shape index (κ2) is 2.60. The first kappa shape index (κ1) is 8.80. The highest BCUT2D eigenvalue weighted by Gasteiger charge is 2.27. The van der Waals surface area contributed by atoms with Crippen molar-refractivity contribution in [3.63, 3.8) is 0 Å². The second-order valence-electron chi connectivity index (χ2n) is 4.58. The molecule has 1 aliphatic rings. The molecule has 0 amide bonds. The molecule has 0 radical (unpaired) electrons. The predicted molar refractivity (Wildman–Crippen MR) is 57.5 cm³/mol. The fraction of sp³-hybridized carbons (Fsp3) is 0.538. The van der Waals surface area contributed by atoms with Gasteiger partial charge in [-0.3, -0.25) is 0 Å². The molecule has 0 unspecified atom stereocenters. The van der Waals surface area contributed by atoms with E-state index < -0.39 is 0 Å². The van der Waals surface area contributed by atoms with Crippen molar-refractivity contribution in [2.24, 2.45) is 0 Å². The molecule has 70 valence electrons. The van der Waals surface area contributed by atoms with Crippen LogP contribution in [-0.2, 0) is 6.42 Å². The second-order valence-corrected chi connectivity index (χ2v) is 4.58. The smallest absolute Gasteiger partial charge is 0.00142 e. The molecule has 0 fully saturated rings. The lowest BCUT2D eigenvalue weighted by Crippen LogP contribution is -1.96. The van der Waals surface area contributed by atoms with Gasteiger partial charge in [-0.2, -0.15) is 0 Å². The van der Waals surface area contributed by atoms with E-state index in [1.807, 2.05) is 0 Å². The molecule has 2 rings (SSSR count). The fourth-order valence-electron chi connectivity index (χ4n) is 2.47. The van der Waals surface area contributed by atoms with Gasteiger partial charge >= 0.3 is 0 Å². The first-order chi connectivity index (χ1) is 6.04. The number of benzene rings is 1. The number of rotatable bonds is 1. The summed E-state index contributed by atoms with van der Waals surface area (Å²) in [7, 11) is 0. The van der Waals surface area contributed by atoms with Gasteiger partial charge in [0, 0.05) is 0 Å². The van der Waals surface area contributed by atoms with Gasteiger partial charge in [-0.15, -0.1) is 0 Å². The SMILES string of the molecule is Cc1c(C)c2c(c(C(C)C)c1C)C2. The highest BCUT2D eigenvalue weighted by molar-refractivity contribution is 5.61. The summed E-state index contributed by atoms with van der Waals surface area (Å²) < 4.78 is 0. The van der Waals surface area contributed by atoms with Crippen LogP contribution in [0.4, 0.5) is 0 Å². The van der Waals surface area contributed by atoms with E-state index in [-0.39, 0.29) is 0 Å². The molecule has 0 spiro atoms. The van der Waals surface area contributed by atoms with Gasteiger partial charge in [0.1, 0.15) is 0 Å². The van der Waals surface area contributed by atoms with Crippen molar-refractivity contribution in [3.05, 3.63) is 33.4 Å². The lowest BCUT2D eigenvalue weighted by Gasteiger charge is -2.13. The van der Waals surface area contributed by atoms with E-state index in [0.29, 0.717) is 5.92 Å². The molecule has 0 heterocycles. The monoisotopic (exact) mass is 174 g/mol. The topological polar surface area (TPSA) is 0 Å². The maximum Gasteiger partial charge on any atom is -0.00142 e. The summed E-state index contributed by atoms with van der Waals surface area (Å²) in [5.74, 6) is 0.690. The largest absolute Gasteiger partial charge is 0.0587 e. The maximum atomic E-state index is 2.30. The van der Waals surface area contributed by atoms with Crippen molar-refractivity contribution in [2.45, 2.75) is 47.0 Å². The molecule has 0 heteroatoms. The third-order valence-corrected chi connectivity index (χ3v) is 3.48. The molecule has 0 aromatic heterocycles. The van der Waals surface area contributed by atoms with E-state index in [2.05, 4.69) is 34.6 Å². The van der Waals surface area contributed by atoms with Gasteiger partial charge in [0.05, 0.1) is 0 Å². The quantitative estimate of drug-likeness (QED) is 0.619. The minimum absolute atomic E-state index is 0.690. The van der Waals surface area contributed by atoms with Crippen LogP contribution in [0, 0.1) is 20.8 Å². The van der Waals surface area contributed by atoms with E-state index in [0.717, 1.165) is 0 Å². The van der Waals surface area contributed by atoms with Gasteiger partial charge in [-0.25, -0.2) is 0 Å². The van der Waals surface area contributed by atoms with E-state index in [1.165, 1.54) is 23.1 Å². The lowest BCUT2D eigenvalue weighted by molar-refractivity contribution is 0.851. The summed E-state index contributed by atoms with van der Waals surface area (Å²) >= 11 is 0. The van der Waals surface area contributed by atoms with Crippen LogP contribution < -0.4 is 0 Å². The van der Waals surface area contributed by atoms with Gasteiger partial charge < -0.3 is 0 Å². The summed E-state index contributed by atoms with van der Waals surface area (Å²) in [4.78, 5) is 0. The highest BCUT2D eigenvalue weighted by Crippen LogP contribution is 2.42. The first-order valence-corrected chi connectivity index (χ1v) is 5.15. The van der Waals surface area contributed by atoms with Gasteiger partial charge in [-0.05, 0) is 66.5 Å². The van der Waals surface area contributed by atoms with E-state index in [1.54, 1.807) is 16.7 Å². The van der Waals surface area contributed by atoms with Crippen molar-refractivity contribution in [1.82, 2.24) is 0 Å². The van der Waals surface area contributed by atoms with Crippen LogP contribution in [0.3, 0.4) is 0 Å². The van der Waals surface area contributed by atoms with Gasteiger partial charge in [0.2, 0.25) is 0 Å². The van der Waals surface area contributed by atoms with Gasteiger partial charge in [0.25, 0.3) is 0 Å². The minimum Gasteiger partial charge on any atom is -0.0587 e. The molecule has 1 aromatic carbocycles. The molecular weight excluding hydrogens is 156 g/mol. The Morgan fingerprint density at radius 2 is 1.46 bits per heavy atom. The molecule has 1 aliphatic carbocycles. The molecule has 0 atom stereocenters. The van der Waals surface area contributed by atoms with Crippen LogP contribution in [0.25, 0.3) is 0 Å². The molecule has 0 nitrogen and oxygen atoms in total. The maximum absolute atomic E-state index is 2.30. The number of hydrogen-bond donors (Lipinski definition) is 0. The van der Waals surface area contributed by atoms with Crippen molar-refractivity contribution < 1.29 is 0 Å². The first-order valence-electron chi connectivity index (χ1n) is 5.15. The standard InChI is InChI=1S/C13H18/c1-7(2)13-10(5)8(3)9(4)11-6-12(11)13/h7H,6H2,1-5H3. The molecule has 0 aliphatic heterocycles. The van der Waals surface area contributed by atoms with Crippen molar-refractivity contribution in [3.8, 4) is 0 Å². The van der Waals surface area contributed by atoms with Crippen LogP contribution >= 0.6 is 0 Å². The molecule has 0 saturated heterocycles. The van der Waals surface area contributed by atoms with E-state index >= 15 is 0 Å². The van der Waals surface area contributed by atoms with Gasteiger partial charge in [0.15, 0.2) is 0 Å². The van der Waals surface area contributed by atoms with Crippen LogP contribution in [0.5, 0.6) is 0 Å². The third-order valence-electron chi connectivity index (χ3n) is 3.48. The van der Waals surface area contributed by atoms with Crippen LogP contribution in [0.2, 0.25) is 0 Å². The third kappa shape index (κ3) is 1.12. The zero-order valence-corrected chi connectivity index (χ0v) is 9.28. The number of fused-ring (bicyclic) bond motifs is 1. The summed E-state index contributed by atoms with van der Waals surface area (Å²) in [6, 6.07) is 0. The van der Waals surface area contributed by atoms with E-state index in [4.69, 9.17) is 0 Å². The Bertz CT molecular complexity index is 370. The Balaban J connectivity index is 2.68. The zero-order chi connectivity index (χ0) is 9.75. The molecular formula is C13H18. The molecule has 13 heavy (non-hydrogen) atoms. The van der Waals surface area contributed by atoms with Crippen LogP contribution in [0.15, 0.2) is 0 Å². The predicted octanol–water partition coefficient (Wildman–Crippen LogP) is 3.64. The Labute approximate surface area is 81.0 Å². The van der Waals surface area contributed by atoms with Crippen molar-refractivity contribution >= 4 is 0 Å². The average Bonchev–Trinajstić information content (AvgIpc) is 2.79. The molecule has 1 aromatic rings. The van der Waals surface area contributed by atoms with Gasteiger partial charge in [-0.1, -0.05) is 13.8 Å². The van der Waals surface area contributed by atoms with Crippen molar-refractivity contribution in [1.29, 1.82) is 0 Å². The Hall–Kier alpha value is -0.780. The normalized spacial score (nSPS) is 13.4. The summed E-state index contributed by atoms with van der Waals surface area (Å²) in [6.45, 7) is 11.4. The molecule has 0 bridgehead atoms. The van der Waals surface area contributed by atoms with Crippen LogP contribution in [-0.4, -0.2) is 0 Å². The zero-order valence-electron chi connectivity index (χ0n) is 9.28.